The third kappa shape index (κ3) is 4.85. The van der Waals surface area contributed by atoms with E-state index in [2.05, 4.69) is 37.2 Å². The molecule has 2 nitrogen and oxygen atoms in total. The van der Waals surface area contributed by atoms with Crippen LogP contribution < -0.4 is 5.32 Å². The van der Waals surface area contributed by atoms with E-state index in [0.29, 0.717) is 17.1 Å². The summed E-state index contributed by atoms with van der Waals surface area (Å²) in [5, 5.41) is 4.28. The fraction of sp³-hybridized carbons (Fsp3) is 0.364. The minimum Gasteiger partial charge on any atom is -0.325 e. The van der Waals surface area contributed by atoms with Crippen LogP contribution in [0.15, 0.2) is 22.7 Å². The van der Waals surface area contributed by atoms with E-state index in [1.165, 1.54) is 0 Å². The van der Waals surface area contributed by atoms with Crippen molar-refractivity contribution in [2.45, 2.75) is 19.3 Å². The van der Waals surface area contributed by atoms with Crippen LogP contribution in [0.5, 0.6) is 0 Å². The molecule has 1 rings (SSSR count). The number of carbonyl (C=O) groups is 1. The number of anilines is 1. The lowest BCUT2D eigenvalue weighted by Gasteiger charge is -2.07. The van der Waals surface area contributed by atoms with Crippen LogP contribution in [-0.2, 0) is 4.79 Å². The van der Waals surface area contributed by atoms with Gasteiger partial charge in [0.2, 0.25) is 5.91 Å². The van der Waals surface area contributed by atoms with Crippen LogP contribution in [0.4, 0.5) is 5.69 Å². The molecular formula is C11H12Br2ClNO. The van der Waals surface area contributed by atoms with Crippen molar-refractivity contribution >= 4 is 55.1 Å². The summed E-state index contributed by atoms with van der Waals surface area (Å²) in [6.07, 6.45) is 2.40. The SMILES string of the molecule is O=C(CCCCBr)Nc1cc(Br)ccc1Cl. The van der Waals surface area contributed by atoms with Crippen LogP contribution >= 0.6 is 43.5 Å². The van der Waals surface area contributed by atoms with Gasteiger partial charge in [-0.15, -0.1) is 0 Å². The molecule has 0 fully saturated rings. The standard InChI is InChI=1S/C11H12Br2ClNO/c12-6-2-1-3-11(16)15-10-7-8(13)4-5-9(10)14/h4-5,7H,1-3,6H2,(H,15,16). The molecule has 0 heterocycles. The predicted molar refractivity (Wildman–Crippen MR) is 75.4 cm³/mol. The lowest BCUT2D eigenvalue weighted by molar-refractivity contribution is -0.116. The minimum atomic E-state index is 0.000880. The van der Waals surface area contributed by atoms with Gasteiger partial charge in [0.05, 0.1) is 10.7 Å². The number of halogens is 3. The number of nitrogens with one attached hydrogen (secondary N) is 1. The van der Waals surface area contributed by atoms with Gasteiger partial charge >= 0.3 is 0 Å². The first-order valence-electron chi connectivity index (χ1n) is 4.94. The number of hydrogen-bond acceptors (Lipinski definition) is 1. The van der Waals surface area contributed by atoms with Crippen LogP contribution in [0.2, 0.25) is 5.02 Å². The first-order chi connectivity index (χ1) is 7.63. The van der Waals surface area contributed by atoms with Gasteiger partial charge in [0.15, 0.2) is 0 Å². The molecule has 0 atom stereocenters. The summed E-state index contributed by atoms with van der Waals surface area (Å²) in [6.45, 7) is 0. The van der Waals surface area contributed by atoms with Crippen molar-refractivity contribution in [3.63, 3.8) is 0 Å². The summed E-state index contributed by atoms with van der Waals surface area (Å²) in [5.74, 6) is 0.000880. The maximum Gasteiger partial charge on any atom is 0.224 e. The molecule has 1 aromatic carbocycles. The molecule has 88 valence electrons. The molecule has 5 heteroatoms. The highest BCUT2D eigenvalue weighted by molar-refractivity contribution is 9.10. The lowest BCUT2D eigenvalue weighted by Crippen LogP contribution is -2.11. The highest BCUT2D eigenvalue weighted by Gasteiger charge is 2.05. The van der Waals surface area contributed by atoms with Crippen LogP contribution in [-0.4, -0.2) is 11.2 Å². The summed E-state index contributed by atoms with van der Waals surface area (Å²) in [5.41, 5.74) is 0.653. The van der Waals surface area contributed by atoms with Crippen molar-refractivity contribution in [1.82, 2.24) is 0 Å². The zero-order valence-corrected chi connectivity index (χ0v) is 12.5. The average Bonchev–Trinajstić information content (AvgIpc) is 2.24. The van der Waals surface area contributed by atoms with Crippen LogP contribution in [0.25, 0.3) is 0 Å². The third-order valence-corrected chi connectivity index (χ3v) is 3.37. The third-order valence-electron chi connectivity index (χ3n) is 1.99. The molecule has 0 aromatic heterocycles. The predicted octanol–water partition coefficient (Wildman–Crippen LogP) is 4.61. The second-order valence-corrected chi connectivity index (χ2v) is 5.43. The lowest BCUT2D eigenvalue weighted by atomic mass is 10.2. The molecular weight excluding hydrogens is 357 g/mol. The molecule has 0 saturated heterocycles. The monoisotopic (exact) mass is 367 g/mol. The minimum absolute atomic E-state index is 0.000880. The Balaban J connectivity index is 2.52. The Morgan fingerprint density at radius 2 is 2.12 bits per heavy atom. The topological polar surface area (TPSA) is 29.1 Å². The maximum atomic E-state index is 11.6. The zero-order chi connectivity index (χ0) is 12.0. The number of benzene rings is 1. The Kier molecular flexibility index (Phi) is 6.39. The fourth-order valence-electron chi connectivity index (χ4n) is 1.19. The average molecular weight is 369 g/mol. The van der Waals surface area contributed by atoms with Crippen LogP contribution in [0.3, 0.4) is 0 Å². The van der Waals surface area contributed by atoms with E-state index < -0.39 is 0 Å². The fourth-order valence-corrected chi connectivity index (χ4v) is 2.11. The van der Waals surface area contributed by atoms with Crippen LogP contribution in [0.1, 0.15) is 19.3 Å². The Bertz CT molecular complexity index is 371. The summed E-state index contributed by atoms with van der Waals surface area (Å²) in [7, 11) is 0. The van der Waals surface area contributed by atoms with E-state index in [0.717, 1.165) is 22.6 Å². The zero-order valence-electron chi connectivity index (χ0n) is 8.60. The van der Waals surface area contributed by atoms with Crippen molar-refractivity contribution in [3.05, 3.63) is 27.7 Å². The Hall–Kier alpha value is -0.0600. The number of amides is 1. The highest BCUT2D eigenvalue weighted by Crippen LogP contribution is 2.25. The first kappa shape index (κ1) is 14.0. The number of alkyl halides is 1. The van der Waals surface area contributed by atoms with Crippen molar-refractivity contribution in [3.8, 4) is 0 Å². The van der Waals surface area contributed by atoms with Crippen LogP contribution in [0, 0.1) is 0 Å². The largest absolute Gasteiger partial charge is 0.325 e. The van der Waals surface area contributed by atoms with Crippen molar-refractivity contribution in [1.29, 1.82) is 0 Å². The van der Waals surface area contributed by atoms with Crippen molar-refractivity contribution in [2.24, 2.45) is 0 Å². The van der Waals surface area contributed by atoms with E-state index in [1.807, 2.05) is 6.07 Å². The molecule has 0 spiro atoms. The molecule has 0 aliphatic carbocycles. The van der Waals surface area contributed by atoms with E-state index in [1.54, 1.807) is 12.1 Å². The normalized spacial score (nSPS) is 10.2. The molecule has 16 heavy (non-hydrogen) atoms. The first-order valence-corrected chi connectivity index (χ1v) is 7.23. The Labute approximate surface area is 117 Å². The van der Waals surface area contributed by atoms with E-state index in [9.17, 15) is 4.79 Å². The molecule has 1 aromatic rings. The summed E-state index contributed by atoms with van der Waals surface area (Å²) in [6, 6.07) is 5.38. The van der Waals surface area contributed by atoms with Gasteiger partial charge in [0.1, 0.15) is 0 Å². The summed E-state index contributed by atoms with van der Waals surface area (Å²) < 4.78 is 0.896. The van der Waals surface area contributed by atoms with Gasteiger partial charge in [-0.05, 0) is 31.0 Å². The number of rotatable bonds is 5. The number of unbranched alkanes of at least 4 members (excludes halogenated alkanes) is 1. The molecule has 0 aliphatic heterocycles. The van der Waals surface area contributed by atoms with E-state index in [4.69, 9.17) is 11.6 Å². The molecule has 0 aliphatic rings. The quantitative estimate of drug-likeness (QED) is 0.596. The number of hydrogen-bond donors (Lipinski definition) is 1. The highest BCUT2D eigenvalue weighted by atomic mass is 79.9. The molecule has 1 N–H and O–H groups in total. The second-order valence-electron chi connectivity index (χ2n) is 3.32. The Morgan fingerprint density at radius 3 is 2.81 bits per heavy atom. The van der Waals surface area contributed by atoms with Crippen molar-refractivity contribution < 1.29 is 4.79 Å². The van der Waals surface area contributed by atoms with Gasteiger partial charge in [-0.3, -0.25) is 4.79 Å². The summed E-state index contributed by atoms with van der Waals surface area (Å²) in [4.78, 5) is 11.6. The summed E-state index contributed by atoms with van der Waals surface area (Å²) >= 11 is 12.6. The van der Waals surface area contributed by atoms with Gasteiger partial charge < -0.3 is 5.32 Å². The van der Waals surface area contributed by atoms with Gasteiger partial charge in [-0.25, -0.2) is 0 Å². The van der Waals surface area contributed by atoms with Gasteiger partial charge in [0, 0.05) is 16.2 Å². The van der Waals surface area contributed by atoms with Gasteiger partial charge in [-0.1, -0.05) is 43.5 Å². The van der Waals surface area contributed by atoms with Crippen molar-refractivity contribution in [2.75, 3.05) is 10.6 Å². The van der Waals surface area contributed by atoms with Gasteiger partial charge in [-0.2, -0.15) is 0 Å². The molecule has 1 amide bonds. The number of carbonyl (C=O) groups excluding carboxylic acids is 1. The second kappa shape index (κ2) is 7.30. The Morgan fingerprint density at radius 1 is 1.38 bits per heavy atom. The maximum absolute atomic E-state index is 11.6. The molecule has 0 radical (unpaired) electrons. The molecule has 0 saturated carbocycles. The van der Waals surface area contributed by atoms with Gasteiger partial charge in [0.25, 0.3) is 0 Å². The van der Waals surface area contributed by atoms with E-state index in [-0.39, 0.29) is 5.91 Å². The van der Waals surface area contributed by atoms with E-state index >= 15 is 0 Å². The molecule has 0 bridgehead atoms. The molecule has 0 unspecified atom stereocenters. The smallest absolute Gasteiger partial charge is 0.224 e.